The van der Waals surface area contributed by atoms with E-state index in [4.69, 9.17) is 4.74 Å². The molecule has 0 spiro atoms. The summed E-state index contributed by atoms with van der Waals surface area (Å²) in [5.74, 6) is 0.974. The van der Waals surface area contributed by atoms with E-state index in [0.717, 1.165) is 45.3 Å². The highest BCUT2D eigenvalue weighted by Crippen LogP contribution is 2.25. The average molecular weight is 451 g/mol. The highest BCUT2D eigenvalue weighted by molar-refractivity contribution is 5.96. The van der Waals surface area contributed by atoms with E-state index in [9.17, 15) is 9.59 Å². The number of pyridine rings is 1. The molecule has 2 amide bonds. The molecule has 7 heteroatoms. The predicted molar refractivity (Wildman–Crippen MR) is 127 cm³/mol. The van der Waals surface area contributed by atoms with Crippen LogP contribution in [0.4, 0.5) is 0 Å². The minimum atomic E-state index is -0.0302. The van der Waals surface area contributed by atoms with Gasteiger partial charge in [-0.15, -0.1) is 0 Å². The topological polar surface area (TPSA) is 74.8 Å². The van der Waals surface area contributed by atoms with Gasteiger partial charge in [0, 0.05) is 51.4 Å². The molecular weight excluding hydrogens is 416 g/mol. The molecule has 7 nitrogen and oxygen atoms in total. The fourth-order valence-electron chi connectivity index (χ4n) is 4.88. The number of nitrogens with one attached hydrogen (secondary N) is 1. The molecule has 0 radical (unpaired) electrons. The first-order chi connectivity index (χ1) is 16.1. The van der Waals surface area contributed by atoms with Crippen molar-refractivity contribution in [3.63, 3.8) is 0 Å². The van der Waals surface area contributed by atoms with Crippen molar-refractivity contribution in [1.29, 1.82) is 0 Å². The molecule has 1 aromatic carbocycles. The van der Waals surface area contributed by atoms with Crippen LogP contribution in [0.15, 0.2) is 48.7 Å². The zero-order valence-electron chi connectivity index (χ0n) is 19.4. The molecule has 0 aliphatic carbocycles. The second kappa shape index (κ2) is 11.3. The number of rotatable bonds is 8. The van der Waals surface area contributed by atoms with Gasteiger partial charge in [-0.3, -0.25) is 14.5 Å². The maximum Gasteiger partial charge on any atom is 0.259 e. The Hall–Kier alpha value is -2.93. The van der Waals surface area contributed by atoms with Crippen LogP contribution in [-0.4, -0.2) is 65.9 Å². The third-order valence-corrected chi connectivity index (χ3v) is 6.76. The van der Waals surface area contributed by atoms with Crippen LogP contribution >= 0.6 is 0 Å². The van der Waals surface area contributed by atoms with Crippen LogP contribution in [0.3, 0.4) is 0 Å². The molecule has 1 atom stereocenters. The quantitative estimate of drug-likeness (QED) is 0.669. The first-order valence-electron chi connectivity index (χ1n) is 12.0. The second-order valence-corrected chi connectivity index (χ2v) is 9.11. The number of ether oxygens (including phenoxy) is 1. The summed E-state index contributed by atoms with van der Waals surface area (Å²) in [7, 11) is 1.53. The van der Waals surface area contributed by atoms with E-state index < -0.39 is 0 Å². The highest BCUT2D eigenvalue weighted by Gasteiger charge is 2.27. The largest absolute Gasteiger partial charge is 0.480 e. The number of aromatic nitrogens is 1. The Bertz CT molecular complexity index is 928. The van der Waals surface area contributed by atoms with Crippen molar-refractivity contribution < 1.29 is 14.3 Å². The molecule has 0 unspecified atom stereocenters. The number of benzene rings is 1. The van der Waals surface area contributed by atoms with Crippen molar-refractivity contribution in [2.45, 2.75) is 44.7 Å². The van der Waals surface area contributed by atoms with Gasteiger partial charge in [0.25, 0.3) is 5.91 Å². The van der Waals surface area contributed by atoms with E-state index in [-0.39, 0.29) is 17.9 Å². The molecular formula is C26H34N4O3. The zero-order chi connectivity index (χ0) is 23.0. The number of carbonyl (C=O) groups excluding carboxylic acids is 2. The molecule has 3 heterocycles. The molecule has 2 saturated heterocycles. The molecule has 1 aromatic heterocycles. The number of piperidine rings is 1. The molecule has 0 saturated carbocycles. The van der Waals surface area contributed by atoms with E-state index >= 15 is 0 Å². The molecule has 33 heavy (non-hydrogen) atoms. The first-order valence-corrected chi connectivity index (χ1v) is 12.0. The standard InChI is InChI=1S/C26H34N4O3/c1-33-25-23(8-5-14-27-25)26(32)30-16-11-20(12-17-30)9-10-24(31)28-22-13-15-29(19-22)18-21-6-3-2-4-7-21/h2-8,14,20,22H,9-13,15-19H2,1H3,(H,28,31)/t22-/m1/s1. The molecule has 0 bridgehead atoms. The lowest BCUT2D eigenvalue weighted by Gasteiger charge is -2.32. The lowest BCUT2D eigenvalue weighted by atomic mass is 9.91. The van der Waals surface area contributed by atoms with Crippen molar-refractivity contribution in [3.05, 3.63) is 59.8 Å². The molecule has 4 rings (SSSR count). The van der Waals surface area contributed by atoms with Crippen LogP contribution in [-0.2, 0) is 11.3 Å². The lowest BCUT2D eigenvalue weighted by molar-refractivity contribution is -0.122. The molecule has 1 N–H and O–H groups in total. The molecule has 2 fully saturated rings. The summed E-state index contributed by atoms with van der Waals surface area (Å²) in [5, 5.41) is 3.23. The summed E-state index contributed by atoms with van der Waals surface area (Å²) >= 11 is 0. The number of carbonyl (C=O) groups is 2. The number of hydrogen-bond donors (Lipinski definition) is 1. The third-order valence-electron chi connectivity index (χ3n) is 6.76. The van der Waals surface area contributed by atoms with E-state index in [2.05, 4.69) is 39.5 Å². The minimum absolute atomic E-state index is 0.0302. The van der Waals surface area contributed by atoms with Crippen LogP contribution in [0.1, 0.15) is 48.0 Å². The number of likely N-dealkylation sites (tertiary alicyclic amines) is 2. The Morgan fingerprint density at radius 3 is 2.61 bits per heavy atom. The van der Waals surface area contributed by atoms with Crippen LogP contribution in [0.2, 0.25) is 0 Å². The van der Waals surface area contributed by atoms with Gasteiger partial charge in [-0.1, -0.05) is 30.3 Å². The Morgan fingerprint density at radius 2 is 1.85 bits per heavy atom. The number of amides is 2. The minimum Gasteiger partial charge on any atom is -0.480 e. The zero-order valence-corrected chi connectivity index (χ0v) is 19.4. The van der Waals surface area contributed by atoms with E-state index in [1.807, 2.05) is 11.0 Å². The van der Waals surface area contributed by atoms with Gasteiger partial charge in [0.05, 0.1) is 7.11 Å². The summed E-state index contributed by atoms with van der Waals surface area (Å²) in [6.45, 7) is 4.29. The summed E-state index contributed by atoms with van der Waals surface area (Å²) in [4.78, 5) is 33.8. The van der Waals surface area contributed by atoms with Gasteiger partial charge in [-0.25, -0.2) is 4.98 Å². The van der Waals surface area contributed by atoms with Crippen molar-refractivity contribution in [1.82, 2.24) is 20.1 Å². The van der Waals surface area contributed by atoms with Crippen LogP contribution in [0.5, 0.6) is 5.88 Å². The fraction of sp³-hybridized carbons (Fsp3) is 0.500. The normalized spacial score (nSPS) is 19.4. The Kier molecular flexibility index (Phi) is 7.94. The van der Waals surface area contributed by atoms with Crippen molar-refractivity contribution in [3.8, 4) is 5.88 Å². The van der Waals surface area contributed by atoms with Crippen molar-refractivity contribution in [2.75, 3.05) is 33.3 Å². The summed E-state index contributed by atoms with van der Waals surface area (Å²) in [5.41, 5.74) is 1.83. The van der Waals surface area contributed by atoms with Crippen LogP contribution < -0.4 is 10.1 Å². The third kappa shape index (κ3) is 6.32. The first kappa shape index (κ1) is 23.2. The summed E-state index contributed by atoms with van der Waals surface area (Å²) < 4.78 is 5.23. The maximum atomic E-state index is 12.8. The van der Waals surface area contributed by atoms with E-state index in [0.29, 0.717) is 36.9 Å². The van der Waals surface area contributed by atoms with Gasteiger partial charge in [0.1, 0.15) is 5.56 Å². The van der Waals surface area contributed by atoms with Gasteiger partial charge in [0.2, 0.25) is 11.8 Å². The van der Waals surface area contributed by atoms with Crippen LogP contribution in [0.25, 0.3) is 0 Å². The van der Waals surface area contributed by atoms with Crippen LogP contribution in [0, 0.1) is 5.92 Å². The number of nitrogens with zero attached hydrogens (tertiary/aromatic N) is 3. The van der Waals surface area contributed by atoms with E-state index in [1.54, 1.807) is 18.3 Å². The molecule has 2 aromatic rings. The summed E-state index contributed by atoms with van der Waals surface area (Å²) in [6, 6.07) is 14.2. The Labute approximate surface area is 196 Å². The smallest absolute Gasteiger partial charge is 0.259 e. The maximum absolute atomic E-state index is 12.8. The monoisotopic (exact) mass is 450 g/mol. The number of methoxy groups -OCH3 is 1. The molecule has 2 aliphatic rings. The highest BCUT2D eigenvalue weighted by atomic mass is 16.5. The van der Waals surface area contributed by atoms with Gasteiger partial charge in [-0.05, 0) is 49.3 Å². The van der Waals surface area contributed by atoms with E-state index in [1.165, 1.54) is 12.7 Å². The molecule has 2 aliphatic heterocycles. The van der Waals surface area contributed by atoms with Gasteiger partial charge < -0.3 is 15.0 Å². The molecule has 176 valence electrons. The fourth-order valence-corrected chi connectivity index (χ4v) is 4.88. The second-order valence-electron chi connectivity index (χ2n) is 9.11. The SMILES string of the molecule is COc1ncccc1C(=O)N1CCC(CCC(=O)N[C@@H]2CCN(Cc3ccccc3)C2)CC1. The van der Waals surface area contributed by atoms with Gasteiger partial charge in [-0.2, -0.15) is 0 Å². The Morgan fingerprint density at radius 1 is 1.06 bits per heavy atom. The van der Waals surface area contributed by atoms with Gasteiger partial charge in [0.15, 0.2) is 0 Å². The van der Waals surface area contributed by atoms with Crippen molar-refractivity contribution in [2.24, 2.45) is 5.92 Å². The Balaban J connectivity index is 1.15. The lowest BCUT2D eigenvalue weighted by Crippen LogP contribution is -2.39. The predicted octanol–water partition coefficient (Wildman–Crippen LogP) is 3.11. The van der Waals surface area contributed by atoms with Gasteiger partial charge >= 0.3 is 0 Å². The summed E-state index contributed by atoms with van der Waals surface area (Å²) in [6.07, 6.45) is 5.93. The number of hydrogen-bond acceptors (Lipinski definition) is 5. The average Bonchev–Trinajstić information content (AvgIpc) is 3.29. The van der Waals surface area contributed by atoms with Crippen molar-refractivity contribution >= 4 is 11.8 Å².